The number of hydrogen-bond acceptors (Lipinski definition) is 7. The van der Waals surface area contributed by atoms with Crippen molar-refractivity contribution in [1.82, 2.24) is 4.98 Å². The minimum atomic E-state index is -1.63. The van der Waals surface area contributed by atoms with Gasteiger partial charge in [0.25, 0.3) is 5.91 Å². The maximum atomic E-state index is 13.1. The molecule has 1 aromatic heterocycles. The molecule has 2 aliphatic heterocycles. The molecule has 0 saturated heterocycles. The highest BCUT2D eigenvalue weighted by Crippen LogP contribution is 2.52. The molecule has 2 fully saturated rings. The zero-order chi connectivity index (χ0) is 27.8. The number of rotatable bonds is 1. The first-order valence-corrected chi connectivity index (χ1v) is 16.1. The lowest BCUT2D eigenvalue weighted by molar-refractivity contribution is 0.0133. The summed E-state index contributed by atoms with van der Waals surface area (Å²) in [5.74, 6) is 3.06. The Morgan fingerprint density at radius 2 is 2.02 bits per heavy atom. The molecule has 40 heavy (non-hydrogen) atoms. The number of methoxy groups -OCH3 is 1. The molecule has 3 heterocycles. The fraction of sp³-hybridized carbons (Fsp3) is 0.548. The van der Waals surface area contributed by atoms with Crippen LogP contribution in [0.1, 0.15) is 66.6 Å². The van der Waals surface area contributed by atoms with E-state index in [9.17, 15) is 9.00 Å². The van der Waals surface area contributed by atoms with Gasteiger partial charge < -0.3 is 22.9 Å². The molecule has 6 rings (SSSR count). The zero-order valence-electron chi connectivity index (χ0n) is 23.1. The minimum absolute atomic E-state index is 0.0212. The average molecular weight is 583 g/mol. The first kappa shape index (κ1) is 27.7. The number of pyridine rings is 1. The summed E-state index contributed by atoms with van der Waals surface area (Å²) in [6.07, 6.45) is 9.39. The number of halogens is 1. The van der Waals surface area contributed by atoms with E-state index in [0.717, 1.165) is 43.7 Å². The van der Waals surface area contributed by atoms with Gasteiger partial charge in [-0.25, -0.2) is 4.98 Å². The summed E-state index contributed by atoms with van der Waals surface area (Å²) in [7, 11) is 0.151. The number of allylic oxidation sites excluding steroid dienone is 1. The maximum absolute atomic E-state index is 13.1. The number of carbonyl (C=O) groups excluding carboxylic acids is 1. The Bertz CT molecular complexity index is 1390. The van der Waals surface area contributed by atoms with Crippen LogP contribution in [0.5, 0.6) is 5.75 Å². The second-order valence-electron chi connectivity index (χ2n) is 11.8. The molecule has 2 aliphatic carbocycles. The molecule has 6 atom stereocenters. The number of fused-ring (bicyclic) bond motifs is 5. The Morgan fingerprint density at radius 1 is 1.15 bits per heavy atom. The Morgan fingerprint density at radius 3 is 2.83 bits per heavy atom. The summed E-state index contributed by atoms with van der Waals surface area (Å²) in [4.78, 5) is 20.2. The monoisotopic (exact) mass is 582 g/mol. The third kappa shape index (κ3) is 5.95. The number of amides is 1. The van der Waals surface area contributed by atoms with Crippen LogP contribution in [0.2, 0.25) is 5.02 Å². The number of nitrogens with zero attached hydrogens (tertiary/aromatic N) is 3. The van der Waals surface area contributed by atoms with Gasteiger partial charge in [-0.2, -0.15) is 10.6 Å². The van der Waals surface area contributed by atoms with Crippen molar-refractivity contribution in [2.24, 2.45) is 28.0 Å². The van der Waals surface area contributed by atoms with Crippen LogP contribution in [0.25, 0.3) is 0 Å². The summed E-state index contributed by atoms with van der Waals surface area (Å²) in [6.45, 7) is 4.01. The number of anilines is 1. The van der Waals surface area contributed by atoms with Crippen LogP contribution in [0.4, 0.5) is 5.82 Å². The van der Waals surface area contributed by atoms with Crippen molar-refractivity contribution in [2.45, 2.75) is 57.6 Å². The first-order chi connectivity index (χ1) is 19.4. The van der Waals surface area contributed by atoms with Gasteiger partial charge in [-0.15, -0.1) is 0 Å². The lowest BCUT2D eigenvalue weighted by Crippen LogP contribution is -2.43. The molecule has 0 radical (unpaired) electrons. The van der Waals surface area contributed by atoms with Crippen molar-refractivity contribution < 1.29 is 18.5 Å². The molecule has 9 heteroatoms. The van der Waals surface area contributed by atoms with E-state index in [4.69, 9.17) is 26.1 Å². The van der Waals surface area contributed by atoms with Gasteiger partial charge >= 0.3 is 0 Å². The van der Waals surface area contributed by atoms with Crippen molar-refractivity contribution >= 4 is 33.9 Å². The summed E-state index contributed by atoms with van der Waals surface area (Å²) in [5, 5.41) is 0.757. The molecule has 1 amide bonds. The summed E-state index contributed by atoms with van der Waals surface area (Å²) >= 11 is 6.47. The Labute approximate surface area is 243 Å². The van der Waals surface area contributed by atoms with E-state index >= 15 is 0 Å². The predicted octanol–water partition coefficient (Wildman–Crippen LogP) is 6.55. The fourth-order valence-electron chi connectivity index (χ4n) is 6.51. The van der Waals surface area contributed by atoms with E-state index in [1.807, 2.05) is 19.1 Å². The van der Waals surface area contributed by atoms with Crippen LogP contribution in [0.15, 0.2) is 46.8 Å². The van der Waals surface area contributed by atoms with Crippen LogP contribution in [-0.2, 0) is 26.1 Å². The van der Waals surface area contributed by atoms with Gasteiger partial charge in [0.15, 0.2) is 11.6 Å². The maximum Gasteiger partial charge on any atom is 0.272 e. The topological polar surface area (TPSA) is 81.1 Å². The second-order valence-corrected chi connectivity index (χ2v) is 13.4. The van der Waals surface area contributed by atoms with Gasteiger partial charge in [-0.05, 0) is 91.2 Å². The van der Waals surface area contributed by atoms with Gasteiger partial charge in [0, 0.05) is 25.2 Å². The van der Waals surface area contributed by atoms with Crippen LogP contribution in [0, 0.1) is 23.7 Å². The minimum Gasteiger partial charge on any atom is -0.490 e. The molecule has 2 bridgehead atoms. The van der Waals surface area contributed by atoms with Gasteiger partial charge in [-0.1, -0.05) is 48.4 Å². The SMILES string of the molecule is CO[C@H]1/C=C/C[C@H](C)C[S-](=O)=NC(=O)c2ccc3c(n2)N(Cc2ccc(Cl)cc2[C@H]2C[C@H]2CCO3)C[C@@H]2CC[C@H]21. The van der Waals surface area contributed by atoms with Crippen molar-refractivity contribution in [3.8, 4) is 5.75 Å². The Kier molecular flexibility index (Phi) is 8.20. The molecule has 7 nitrogen and oxygen atoms in total. The quantitative estimate of drug-likeness (QED) is 0.280. The van der Waals surface area contributed by atoms with Gasteiger partial charge in [-0.3, -0.25) is 4.79 Å². The van der Waals surface area contributed by atoms with Crippen molar-refractivity contribution in [3.05, 3.63) is 64.3 Å². The van der Waals surface area contributed by atoms with E-state index in [0.29, 0.717) is 54.1 Å². The normalized spacial score (nSPS) is 31.7. The van der Waals surface area contributed by atoms with Gasteiger partial charge in [0.1, 0.15) is 5.69 Å². The molecule has 0 spiro atoms. The average Bonchev–Trinajstić information content (AvgIpc) is 3.68. The molecule has 214 valence electrons. The third-order valence-corrected chi connectivity index (χ3v) is 10.5. The number of carbonyl (C=O) groups is 1. The molecule has 2 saturated carbocycles. The molecule has 2 aromatic rings. The number of hydrogen-bond donors (Lipinski definition) is 0. The van der Waals surface area contributed by atoms with E-state index in [2.05, 4.69) is 33.5 Å². The summed E-state index contributed by atoms with van der Waals surface area (Å²) in [5.41, 5.74) is 2.73. The van der Waals surface area contributed by atoms with Crippen molar-refractivity contribution in [2.75, 3.05) is 30.9 Å². The Balaban J connectivity index is 1.44. The fourth-order valence-corrected chi connectivity index (χ4v) is 7.67. The lowest BCUT2D eigenvalue weighted by atomic mass is 9.70. The largest absolute Gasteiger partial charge is 0.490 e. The number of aromatic nitrogens is 1. The van der Waals surface area contributed by atoms with E-state index in [1.165, 1.54) is 11.1 Å². The number of ether oxygens (including phenoxy) is 2. The van der Waals surface area contributed by atoms with Crippen molar-refractivity contribution in [1.29, 1.82) is 0 Å². The summed E-state index contributed by atoms with van der Waals surface area (Å²) in [6, 6.07) is 9.70. The van der Waals surface area contributed by atoms with E-state index in [1.54, 1.807) is 13.2 Å². The number of benzene rings is 1. The molecule has 0 N–H and O–H groups in total. The van der Waals surface area contributed by atoms with Crippen LogP contribution >= 0.6 is 11.6 Å². The molecular formula is C31H37ClN3O4S-. The van der Waals surface area contributed by atoms with E-state index < -0.39 is 16.5 Å². The van der Waals surface area contributed by atoms with Crippen LogP contribution < -0.4 is 9.64 Å². The van der Waals surface area contributed by atoms with E-state index in [-0.39, 0.29) is 17.7 Å². The van der Waals surface area contributed by atoms with Gasteiger partial charge in [0.2, 0.25) is 0 Å². The zero-order valence-corrected chi connectivity index (χ0v) is 24.7. The standard InChI is InChI=1S/C31H37ClN3O4S/c1-19-4-3-5-28(38-2)24-9-7-21(24)16-35-17-22-6-8-23(32)15-26(22)25-14-20(25)12-13-39-29-11-10-27(33-30(29)35)31(36)34-40(37)18-19/h3,5-6,8,10-11,15,19-21,24-25,28H,4,7,9,12-14,16-18H2,1-2H3/q-1/b5-3+/t19-,20+,21-,24+,25-,28-/m0/s1. The highest BCUT2D eigenvalue weighted by Gasteiger charge is 2.41. The lowest BCUT2D eigenvalue weighted by Gasteiger charge is -2.43. The predicted molar refractivity (Wildman–Crippen MR) is 157 cm³/mol. The molecule has 0 unspecified atom stereocenters. The summed E-state index contributed by atoms with van der Waals surface area (Å²) < 4.78 is 29.0. The third-order valence-electron chi connectivity index (χ3n) is 9.00. The Hall–Kier alpha value is -2.42. The highest BCUT2D eigenvalue weighted by molar-refractivity contribution is 7.75. The van der Waals surface area contributed by atoms with Gasteiger partial charge in [0.05, 0.1) is 12.7 Å². The van der Waals surface area contributed by atoms with Crippen LogP contribution in [0.3, 0.4) is 0 Å². The first-order valence-electron chi connectivity index (χ1n) is 14.4. The molecular weight excluding hydrogens is 546 g/mol. The smallest absolute Gasteiger partial charge is 0.272 e. The van der Waals surface area contributed by atoms with Crippen LogP contribution in [-0.4, -0.2) is 43.0 Å². The highest BCUT2D eigenvalue weighted by atomic mass is 35.5. The molecule has 4 aliphatic rings. The van der Waals surface area contributed by atoms with Crippen molar-refractivity contribution in [3.63, 3.8) is 0 Å². The second kappa shape index (κ2) is 11.8. The molecule has 1 aromatic carbocycles.